The minimum absolute atomic E-state index is 0.198. The Morgan fingerprint density at radius 1 is 1.35 bits per heavy atom. The molecular weight excluding hydrogens is 292 g/mol. The van der Waals surface area contributed by atoms with Crippen molar-refractivity contribution in [1.82, 2.24) is 10.2 Å². The average molecular weight is 328 g/mol. The van der Waals surface area contributed by atoms with E-state index in [1.165, 1.54) is 0 Å². The van der Waals surface area contributed by atoms with Crippen LogP contribution in [0.2, 0.25) is 0 Å². The van der Waals surface area contributed by atoms with Crippen molar-refractivity contribution in [3.8, 4) is 0 Å². The van der Waals surface area contributed by atoms with E-state index >= 15 is 0 Å². The molecule has 0 bridgehead atoms. The number of nitrogens with one attached hydrogen (secondary N) is 1. The molecule has 1 rings (SSSR count). The summed E-state index contributed by atoms with van der Waals surface area (Å²) in [6.45, 7) is 15.0. The summed E-state index contributed by atoms with van der Waals surface area (Å²) in [5.41, 5.74) is -0.440. The van der Waals surface area contributed by atoms with E-state index in [9.17, 15) is 4.79 Å². The van der Waals surface area contributed by atoms with Crippen molar-refractivity contribution in [2.24, 2.45) is 17.8 Å². The summed E-state index contributed by atoms with van der Waals surface area (Å²) in [6.07, 6.45) is 1.65. The first kappa shape index (κ1) is 20.2. The second-order valence-corrected chi connectivity index (χ2v) is 8.27. The van der Waals surface area contributed by atoms with E-state index in [0.717, 1.165) is 32.5 Å². The molecular formula is C18H36N2O3. The van der Waals surface area contributed by atoms with Gasteiger partial charge >= 0.3 is 6.09 Å². The standard InChI is InChI=1S/C18H36N2O3/c1-13(2)16(19-11-14(3)8-10-21)15-7-9-20(12-15)17(22)23-18(4,5)6/h13-16,19,21H,7-12H2,1-6H3. The minimum atomic E-state index is -0.440. The van der Waals surface area contributed by atoms with E-state index in [4.69, 9.17) is 9.84 Å². The molecule has 1 amide bonds. The topological polar surface area (TPSA) is 61.8 Å². The van der Waals surface area contributed by atoms with Crippen LogP contribution in [0.25, 0.3) is 0 Å². The number of carbonyl (C=O) groups excluding carboxylic acids is 1. The quantitative estimate of drug-likeness (QED) is 0.754. The molecule has 136 valence electrons. The predicted octanol–water partition coefficient (Wildman–Crippen LogP) is 2.88. The summed E-state index contributed by atoms with van der Waals surface area (Å²) >= 11 is 0. The van der Waals surface area contributed by atoms with Gasteiger partial charge in [0.2, 0.25) is 0 Å². The lowest BCUT2D eigenvalue weighted by molar-refractivity contribution is 0.0283. The zero-order chi connectivity index (χ0) is 17.6. The highest BCUT2D eigenvalue weighted by atomic mass is 16.6. The molecule has 0 spiro atoms. The lowest BCUT2D eigenvalue weighted by Gasteiger charge is -2.30. The van der Waals surface area contributed by atoms with E-state index in [2.05, 4.69) is 26.1 Å². The van der Waals surface area contributed by atoms with Crippen LogP contribution in [0.3, 0.4) is 0 Å². The molecule has 1 heterocycles. The molecule has 5 heteroatoms. The van der Waals surface area contributed by atoms with Crippen molar-refractivity contribution in [2.45, 2.75) is 66.0 Å². The van der Waals surface area contributed by atoms with Gasteiger partial charge in [-0.15, -0.1) is 0 Å². The fourth-order valence-corrected chi connectivity index (χ4v) is 3.18. The summed E-state index contributed by atoms with van der Waals surface area (Å²) in [6, 6.07) is 0.392. The lowest BCUT2D eigenvalue weighted by Crippen LogP contribution is -2.44. The van der Waals surface area contributed by atoms with E-state index in [0.29, 0.717) is 23.8 Å². The number of hydrogen-bond acceptors (Lipinski definition) is 4. The molecule has 3 atom stereocenters. The Balaban J connectivity index is 2.54. The van der Waals surface area contributed by atoms with Gasteiger partial charge in [-0.2, -0.15) is 0 Å². The van der Waals surface area contributed by atoms with Crippen molar-refractivity contribution in [1.29, 1.82) is 0 Å². The molecule has 0 aromatic heterocycles. The smallest absolute Gasteiger partial charge is 0.410 e. The largest absolute Gasteiger partial charge is 0.444 e. The Morgan fingerprint density at radius 3 is 2.52 bits per heavy atom. The highest BCUT2D eigenvalue weighted by Crippen LogP contribution is 2.25. The zero-order valence-electron chi connectivity index (χ0n) is 15.8. The third kappa shape index (κ3) is 7.08. The second kappa shape index (κ2) is 8.88. The van der Waals surface area contributed by atoms with Crippen molar-refractivity contribution in [3.05, 3.63) is 0 Å². The summed E-state index contributed by atoms with van der Waals surface area (Å²) in [5, 5.41) is 12.7. The predicted molar refractivity (Wildman–Crippen MR) is 93.4 cm³/mol. The van der Waals surface area contributed by atoms with Crippen LogP contribution in [0.15, 0.2) is 0 Å². The van der Waals surface area contributed by atoms with Crippen LogP contribution >= 0.6 is 0 Å². The Labute approximate surface area is 141 Å². The molecule has 5 nitrogen and oxygen atoms in total. The number of nitrogens with zero attached hydrogens (tertiary/aromatic N) is 1. The highest BCUT2D eigenvalue weighted by Gasteiger charge is 2.35. The van der Waals surface area contributed by atoms with Gasteiger partial charge in [0.15, 0.2) is 0 Å². The number of amides is 1. The Hall–Kier alpha value is -0.810. The van der Waals surface area contributed by atoms with Crippen LogP contribution in [-0.4, -0.2) is 54.0 Å². The van der Waals surface area contributed by atoms with Gasteiger partial charge < -0.3 is 20.1 Å². The number of likely N-dealkylation sites (tertiary alicyclic amines) is 1. The molecule has 1 aliphatic rings. The van der Waals surface area contributed by atoms with Crippen LogP contribution < -0.4 is 5.32 Å². The molecule has 1 fully saturated rings. The van der Waals surface area contributed by atoms with E-state index < -0.39 is 5.60 Å². The number of aliphatic hydroxyl groups excluding tert-OH is 1. The minimum Gasteiger partial charge on any atom is -0.444 e. The third-order valence-corrected chi connectivity index (χ3v) is 4.43. The molecule has 0 aliphatic carbocycles. The normalized spacial score (nSPS) is 21.6. The van der Waals surface area contributed by atoms with E-state index in [1.807, 2.05) is 25.7 Å². The first-order valence-corrected chi connectivity index (χ1v) is 8.96. The number of aliphatic hydroxyl groups is 1. The van der Waals surface area contributed by atoms with Crippen molar-refractivity contribution < 1.29 is 14.6 Å². The van der Waals surface area contributed by atoms with Gasteiger partial charge in [-0.05, 0) is 57.9 Å². The Bertz CT molecular complexity index is 366. The summed E-state index contributed by atoms with van der Waals surface area (Å²) in [4.78, 5) is 14.0. The monoisotopic (exact) mass is 328 g/mol. The van der Waals surface area contributed by atoms with Gasteiger partial charge in [0, 0.05) is 25.7 Å². The van der Waals surface area contributed by atoms with Crippen LogP contribution in [0, 0.1) is 17.8 Å². The molecule has 1 saturated heterocycles. The lowest BCUT2D eigenvalue weighted by atomic mass is 9.89. The van der Waals surface area contributed by atoms with Crippen molar-refractivity contribution in [3.63, 3.8) is 0 Å². The number of hydrogen-bond donors (Lipinski definition) is 2. The zero-order valence-corrected chi connectivity index (χ0v) is 15.8. The molecule has 1 aliphatic heterocycles. The molecule has 0 aromatic carbocycles. The fourth-order valence-electron chi connectivity index (χ4n) is 3.18. The van der Waals surface area contributed by atoms with Gasteiger partial charge in [-0.25, -0.2) is 4.79 Å². The SMILES string of the molecule is CC(CCO)CNC(C(C)C)C1CCN(C(=O)OC(C)(C)C)C1. The maximum atomic E-state index is 12.2. The molecule has 0 aromatic rings. The van der Waals surface area contributed by atoms with Gasteiger partial charge in [0.25, 0.3) is 0 Å². The van der Waals surface area contributed by atoms with Crippen molar-refractivity contribution >= 4 is 6.09 Å². The van der Waals surface area contributed by atoms with Crippen molar-refractivity contribution in [2.75, 3.05) is 26.2 Å². The Morgan fingerprint density at radius 2 is 2.00 bits per heavy atom. The average Bonchev–Trinajstić information content (AvgIpc) is 2.86. The maximum Gasteiger partial charge on any atom is 0.410 e. The molecule has 3 unspecified atom stereocenters. The third-order valence-electron chi connectivity index (χ3n) is 4.43. The van der Waals surface area contributed by atoms with Gasteiger partial charge in [0.1, 0.15) is 5.60 Å². The summed E-state index contributed by atoms with van der Waals surface area (Å²) in [7, 11) is 0. The second-order valence-electron chi connectivity index (χ2n) is 8.27. The maximum absolute atomic E-state index is 12.2. The van der Waals surface area contributed by atoms with Crippen LogP contribution in [-0.2, 0) is 4.74 Å². The van der Waals surface area contributed by atoms with Gasteiger partial charge in [0.05, 0.1) is 0 Å². The molecule has 2 N–H and O–H groups in total. The fraction of sp³-hybridized carbons (Fsp3) is 0.944. The van der Waals surface area contributed by atoms with Gasteiger partial charge in [-0.3, -0.25) is 0 Å². The highest BCUT2D eigenvalue weighted by molar-refractivity contribution is 5.68. The molecule has 23 heavy (non-hydrogen) atoms. The van der Waals surface area contributed by atoms with E-state index in [-0.39, 0.29) is 12.7 Å². The number of carbonyl (C=O) groups is 1. The number of rotatable bonds is 7. The van der Waals surface area contributed by atoms with Crippen LogP contribution in [0.1, 0.15) is 54.4 Å². The Kier molecular flexibility index (Phi) is 7.81. The first-order valence-electron chi connectivity index (χ1n) is 8.96. The van der Waals surface area contributed by atoms with Crippen LogP contribution in [0.4, 0.5) is 4.79 Å². The molecule has 0 saturated carbocycles. The first-order chi connectivity index (χ1) is 10.6. The van der Waals surface area contributed by atoms with Crippen LogP contribution in [0.5, 0.6) is 0 Å². The van der Waals surface area contributed by atoms with Gasteiger partial charge in [-0.1, -0.05) is 20.8 Å². The molecule has 0 radical (unpaired) electrons. The van der Waals surface area contributed by atoms with E-state index in [1.54, 1.807) is 0 Å². The summed E-state index contributed by atoms with van der Waals surface area (Å²) in [5.74, 6) is 1.44. The summed E-state index contributed by atoms with van der Waals surface area (Å²) < 4.78 is 5.48. The number of ether oxygens (including phenoxy) is 1.